The van der Waals surface area contributed by atoms with Gasteiger partial charge in [-0.05, 0) is 26.3 Å². The van der Waals surface area contributed by atoms with E-state index in [1.165, 1.54) is 6.08 Å². The topological polar surface area (TPSA) is 0 Å². The van der Waals surface area contributed by atoms with E-state index >= 15 is 0 Å². The van der Waals surface area contributed by atoms with Gasteiger partial charge >= 0.3 is 0 Å². The highest BCUT2D eigenvalue weighted by Crippen LogP contribution is 2.11. The summed E-state index contributed by atoms with van der Waals surface area (Å²) in [6.45, 7) is 5.63. The van der Waals surface area contributed by atoms with Gasteiger partial charge in [-0.3, -0.25) is 0 Å². The molecule has 76 valence electrons. The molecule has 0 fully saturated rings. The highest BCUT2D eigenvalue weighted by atomic mass is 19.1. The van der Waals surface area contributed by atoms with E-state index in [0.717, 1.165) is 18.4 Å². The van der Waals surface area contributed by atoms with Crippen LogP contribution in [-0.2, 0) is 0 Å². The zero-order chi connectivity index (χ0) is 11.0. The largest absolute Gasteiger partial charge is 0.206 e. The standard InChI is InChI=1S/C13H17F/c1-5-8-12(7-3)9-10-13(14)11(4)6-2/h2,7,9-10H,5,8H2,1,3-4H3/b10-9-,12-7-,13-11-. The Labute approximate surface area is 86.2 Å². The Balaban J connectivity index is 4.52. The van der Waals surface area contributed by atoms with Gasteiger partial charge in [-0.25, -0.2) is 4.39 Å². The predicted molar refractivity (Wildman–Crippen MR) is 60.4 cm³/mol. The first-order valence-electron chi connectivity index (χ1n) is 4.82. The van der Waals surface area contributed by atoms with E-state index in [4.69, 9.17) is 6.42 Å². The summed E-state index contributed by atoms with van der Waals surface area (Å²) in [5.41, 5.74) is 1.47. The molecule has 0 aromatic rings. The van der Waals surface area contributed by atoms with Crippen LogP contribution in [0.3, 0.4) is 0 Å². The predicted octanol–water partition coefficient (Wildman–Crippen LogP) is 4.17. The van der Waals surface area contributed by atoms with Crippen molar-refractivity contribution in [1.29, 1.82) is 0 Å². The fourth-order valence-corrected chi connectivity index (χ4v) is 0.987. The number of halogens is 1. The smallest absolute Gasteiger partial charge is 0.134 e. The van der Waals surface area contributed by atoms with Crippen LogP contribution in [0.4, 0.5) is 4.39 Å². The second-order valence-corrected chi connectivity index (χ2v) is 3.06. The first kappa shape index (κ1) is 12.7. The number of terminal acetylenes is 1. The summed E-state index contributed by atoms with van der Waals surface area (Å²) in [7, 11) is 0. The molecule has 0 saturated heterocycles. The Hall–Kier alpha value is -1.29. The normalized spacial score (nSPS) is 14.1. The SMILES string of the molecule is C#C/C(C)=C(F)/C=C\C(=C/C)CCC. The van der Waals surface area contributed by atoms with Crippen molar-refractivity contribution in [2.45, 2.75) is 33.6 Å². The van der Waals surface area contributed by atoms with Crippen molar-refractivity contribution < 1.29 is 4.39 Å². The lowest BCUT2D eigenvalue weighted by molar-refractivity contribution is 0.659. The molecule has 0 rings (SSSR count). The average molecular weight is 192 g/mol. The monoisotopic (exact) mass is 192 g/mol. The molecule has 0 radical (unpaired) electrons. The molecular formula is C13H17F. The van der Waals surface area contributed by atoms with Crippen LogP contribution >= 0.6 is 0 Å². The van der Waals surface area contributed by atoms with Crippen molar-refractivity contribution in [3.63, 3.8) is 0 Å². The maximum absolute atomic E-state index is 13.2. The molecule has 1 heteroatoms. The molecule has 0 aliphatic carbocycles. The first-order chi connectivity index (χ1) is 6.65. The van der Waals surface area contributed by atoms with E-state index in [0.29, 0.717) is 5.57 Å². The van der Waals surface area contributed by atoms with Gasteiger partial charge < -0.3 is 0 Å². The van der Waals surface area contributed by atoms with Gasteiger partial charge in [-0.1, -0.05) is 37.0 Å². The molecule has 0 N–H and O–H groups in total. The zero-order valence-electron chi connectivity index (χ0n) is 9.10. The van der Waals surface area contributed by atoms with Crippen LogP contribution in [0.5, 0.6) is 0 Å². The zero-order valence-corrected chi connectivity index (χ0v) is 9.10. The van der Waals surface area contributed by atoms with Gasteiger partial charge in [0.1, 0.15) is 5.83 Å². The summed E-state index contributed by atoms with van der Waals surface area (Å²) in [4.78, 5) is 0. The van der Waals surface area contributed by atoms with Crippen LogP contribution in [0.1, 0.15) is 33.6 Å². The van der Waals surface area contributed by atoms with E-state index in [2.05, 4.69) is 12.8 Å². The lowest BCUT2D eigenvalue weighted by atomic mass is 10.1. The molecule has 0 aromatic heterocycles. The van der Waals surface area contributed by atoms with Crippen LogP contribution in [0.15, 0.2) is 35.2 Å². The molecule has 0 aromatic carbocycles. The Morgan fingerprint density at radius 2 is 2.07 bits per heavy atom. The van der Waals surface area contributed by atoms with Crippen LogP contribution in [0.2, 0.25) is 0 Å². The van der Waals surface area contributed by atoms with E-state index in [-0.39, 0.29) is 5.83 Å². The summed E-state index contributed by atoms with van der Waals surface area (Å²) in [5.74, 6) is 1.94. The van der Waals surface area contributed by atoms with Gasteiger partial charge in [-0.15, -0.1) is 6.42 Å². The lowest BCUT2D eigenvalue weighted by Crippen LogP contribution is -1.78. The van der Waals surface area contributed by atoms with Crippen molar-refractivity contribution in [3.8, 4) is 12.3 Å². The minimum atomic E-state index is -0.331. The van der Waals surface area contributed by atoms with Gasteiger partial charge in [0.25, 0.3) is 0 Å². The molecule has 0 atom stereocenters. The van der Waals surface area contributed by atoms with Crippen molar-refractivity contribution in [2.24, 2.45) is 0 Å². The van der Waals surface area contributed by atoms with Gasteiger partial charge in [0.15, 0.2) is 0 Å². The Morgan fingerprint density at radius 3 is 2.50 bits per heavy atom. The van der Waals surface area contributed by atoms with Gasteiger partial charge in [-0.2, -0.15) is 0 Å². The number of hydrogen-bond acceptors (Lipinski definition) is 0. The lowest BCUT2D eigenvalue weighted by Gasteiger charge is -1.97. The van der Waals surface area contributed by atoms with Gasteiger partial charge in [0, 0.05) is 5.57 Å². The fourth-order valence-electron chi connectivity index (χ4n) is 0.987. The minimum Gasteiger partial charge on any atom is -0.206 e. The van der Waals surface area contributed by atoms with Crippen LogP contribution in [0.25, 0.3) is 0 Å². The van der Waals surface area contributed by atoms with Crippen LogP contribution < -0.4 is 0 Å². The molecule has 0 unspecified atom stereocenters. The quantitative estimate of drug-likeness (QED) is 0.463. The fraction of sp³-hybridized carbons (Fsp3) is 0.385. The number of rotatable bonds is 4. The van der Waals surface area contributed by atoms with Crippen molar-refractivity contribution >= 4 is 0 Å². The summed E-state index contributed by atoms with van der Waals surface area (Å²) in [6, 6.07) is 0. The third-order valence-electron chi connectivity index (χ3n) is 1.93. The Morgan fingerprint density at radius 1 is 1.43 bits per heavy atom. The molecule has 0 nitrogen and oxygen atoms in total. The third-order valence-corrected chi connectivity index (χ3v) is 1.93. The maximum Gasteiger partial charge on any atom is 0.134 e. The first-order valence-corrected chi connectivity index (χ1v) is 4.82. The summed E-state index contributed by atoms with van der Waals surface area (Å²) < 4.78 is 13.2. The highest BCUT2D eigenvalue weighted by molar-refractivity contribution is 5.34. The average Bonchev–Trinajstić information content (AvgIpc) is 2.22. The van der Waals surface area contributed by atoms with E-state index in [1.807, 2.05) is 13.0 Å². The Kier molecular flexibility index (Phi) is 6.49. The summed E-state index contributed by atoms with van der Waals surface area (Å²) in [6.07, 6.45) is 12.3. The molecule has 0 bridgehead atoms. The number of hydrogen-bond donors (Lipinski definition) is 0. The molecule has 0 aliphatic heterocycles. The maximum atomic E-state index is 13.2. The molecular weight excluding hydrogens is 175 g/mol. The minimum absolute atomic E-state index is 0.331. The molecule has 14 heavy (non-hydrogen) atoms. The van der Waals surface area contributed by atoms with Crippen molar-refractivity contribution in [2.75, 3.05) is 0 Å². The summed E-state index contributed by atoms with van der Waals surface area (Å²) >= 11 is 0. The molecule has 0 heterocycles. The number of allylic oxidation sites excluding steroid dienone is 6. The second kappa shape index (κ2) is 7.15. The second-order valence-electron chi connectivity index (χ2n) is 3.06. The van der Waals surface area contributed by atoms with E-state index in [1.54, 1.807) is 13.0 Å². The molecule has 0 spiro atoms. The molecule has 0 saturated carbocycles. The third kappa shape index (κ3) is 4.67. The Bertz CT molecular complexity index is 298. The molecule has 0 aliphatic rings. The van der Waals surface area contributed by atoms with E-state index in [9.17, 15) is 4.39 Å². The van der Waals surface area contributed by atoms with Crippen molar-refractivity contribution in [1.82, 2.24) is 0 Å². The van der Waals surface area contributed by atoms with E-state index < -0.39 is 0 Å². The van der Waals surface area contributed by atoms with Crippen LogP contribution in [-0.4, -0.2) is 0 Å². The van der Waals surface area contributed by atoms with Gasteiger partial charge in [0.05, 0.1) is 0 Å². The highest BCUT2D eigenvalue weighted by Gasteiger charge is 1.94. The van der Waals surface area contributed by atoms with Crippen LogP contribution in [0, 0.1) is 12.3 Å². The van der Waals surface area contributed by atoms with Crippen molar-refractivity contribution in [3.05, 3.63) is 35.2 Å². The molecule has 0 amide bonds. The summed E-state index contributed by atoms with van der Waals surface area (Å²) in [5, 5.41) is 0. The van der Waals surface area contributed by atoms with Gasteiger partial charge in [0.2, 0.25) is 0 Å².